The van der Waals surface area contributed by atoms with E-state index in [-0.39, 0.29) is 17.9 Å². The second kappa shape index (κ2) is 14.4. The minimum Gasteiger partial charge on any atom is -0.453 e. The van der Waals surface area contributed by atoms with Gasteiger partial charge in [0, 0.05) is 11.4 Å². The quantitative estimate of drug-likeness (QED) is 0.232. The number of hydrogen-bond acceptors (Lipinski definition) is 8. The van der Waals surface area contributed by atoms with Crippen molar-refractivity contribution in [2.24, 2.45) is 11.8 Å². The van der Waals surface area contributed by atoms with E-state index >= 15 is 0 Å². The molecule has 2 amide bonds. The number of hydrogen-bond donors (Lipinski definition) is 4. The Morgan fingerprint density at radius 1 is 1.07 bits per heavy atom. The molecule has 4 rings (SSSR count). The molecule has 2 aromatic heterocycles. The Hall–Kier alpha value is -1.77. The number of carbonyl (C=O) groups is 2. The van der Waals surface area contributed by atoms with E-state index in [1.54, 1.807) is 0 Å². The smallest absolute Gasteiger partial charge is 0.407 e. The fourth-order valence-corrected chi connectivity index (χ4v) is 8.63. The van der Waals surface area contributed by atoms with Crippen molar-refractivity contribution in [3.8, 4) is 9.88 Å². The van der Waals surface area contributed by atoms with Gasteiger partial charge >= 0.3 is 16.4 Å². The van der Waals surface area contributed by atoms with Gasteiger partial charge in [0.15, 0.2) is 0 Å². The summed E-state index contributed by atoms with van der Waals surface area (Å²) in [6.45, 7) is 0. The molecule has 10 nitrogen and oxygen atoms in total. The van der Waals surface area contributed by atoms with Gasteiger partial charge in [-0.1, -0.05) is 43.7 Å². The zero-order chi connectivity index (χ0) is 28.7. The van der Waals surface area contributed by atoms with E-state index in [0.29, 0.717) is 36.6 Å². The maximum absolute atomic E-state index is 13.7. The van der Waals surface area contributed by atoms with Crippen LogP contribution < -0.4 is 15.4 Å². The Balaban J connectivity index is 1.50. The second-order valence-electron chi connectivity index (χ2n) is 10.7. The SMILES string of the molecule is COC(=O)N[C@@H](CC1CCCCC1)C(=O)N[C@@H](CC1CCC(NS(=O)(=O)O)CC1)c1csc(-c2sccc2Cl)n1. The van der Waals surface area contributed by atoms with Gasteiger partial charge in [0.25, 0.3) is 0 Å². The number of thiazole rings is 1. The third kappa shape index (κ3) is 9.12. The second-order valence-corrected chi connectivity index (χ2v) is 14.1. The molecule has 0 unspecified atom stereocenters. The lowest BCUT2D eigenvalue weighted by molar-refractivity contribution is -0.124. The van der Waals surface area contributed by atoms with Crippen LogP contribution in [0, 0.1) is 11.8 Å². The molecule has 2 atom stereocenters. The van der Waals surface area contributed by atoms with Crippen LogP contribution in [0.15, 0.2) is 16.8 Å². The van der Waals surface area contributed by atoms with E-state index in [1.165, 1.54) is 36.2 Å². The predicted octanol–water partition coefficient (Wildman–Crippen LogP) is 5.72. The number of nitrogens with one attached hydrogen (secondary N) is 3. The Bertz CT molecular complexity index is 1240. The largest absolute Gasteiger partial charge is 0.453 e. The molecule has 0 spiro atoms. The maximum atomic E-state index is 13.7. The molecule has 2 saturated carbocycles. The van der Waals surface area contributed by atoms with Gasteiger partial charge < -0.3 is 15.4 Å². The number of methoxy groups -OCH3 is 1. The third-order valence-corrected chi connectivity index (χ3v) is 10.8. The molecule has 0 aliphatic heterocycles. The first kappa shape index (κ1) is 31.2. The lowest BCUT2D eigenvalue weighted by Crippen LogP contribution is -2.49. The third-order valence-electron chi connectivity index (χ3n) is 7.83. The first-order valence-corrected chi connectivity index (χ1v) is 17.3. The van der Waals surface area contributed by atoms with E-state index in [4.69, 9.17) is 25.9 Å². The van der Waals surface area contributed by atoms with Gasteiger partial charge in [-0.2, -0.15) is 13.1 Å². The van der Waals surface area contributed by atoms with Crippen LogP contribution in [0.1, 0.15) is 82.4 Å². The summed E-state index contributed by atoms with van der Waals surface area (Å²) in [4.78, 5) is 31.5. The number of ether oxygens (including phenoxy) is 1. The summed E-state index contributed by atoms with van der Waals surface area (Å²) in [6, 6.07) is 0.392. The average molecular weight is 633 g/mol. The van der Waals surface area contributed by atoms with Crippen LogP contribution in [0.4, 0.5) is 4.79 Å². The summed E-state index contributed by atoms with van der Waals surface area (Å²) in [7, 11) is -2.96. The molecule has 2 aliphatic carbocycles. The number of amides is 2. The number of aromatic nitrogens is 1. The number of thiophene rings is 1. The Labute approximate surface area is 248 Å². The maximum Gasteiger partial charge on any atom is 0.407 e. The number of alkyl carbamates (subject to hydrolysis) is 1. The van der Waals surface area contributed by atoms with E-state index in [9.17, 15) is 18.0 Å². The van der Waals surface area contributed by atoms with Crippen molar-refractivity contribution in [3.05, 3.63) is 27.5 Å². The Kier molecular flexibility index (Phi) is 11.2. The normalized spacial score (nSPS) is 21.9. The first-order valence-electron chi connectivity index (χ1n) is 13.7. The van der Waals surface area contributed by atoms with Gasteiger partial charge in [0.1, 0.15) is 11.0 Å². The van der Waals surface area contributed by atoms with Crippen LogP contribution in [-0.2, 0) is 19.8 Å². The van der Waals surface area contributed by atoms with Crippen LogP contribution in [0.25, 0.3) is 9.88 Å². The van der Waals surface area contributed by atoms with Crippen molar-refractivity contribution in [1.29, 1.82) is 0 Å². The van der Waals surface area contributed by atoms with E-state index in [2.05, 4.69) is 15.4 Å². The lowest BCUT2D eigenvalue weighted by atomic mass is 9.82. The van der Waals surface area contributed by atoms with Crippen molar-refractivity contribution in [1.82, 2.24) is 20.3 Å². The molecule has 0 aromatic carbocycles. The van der Waals surface area contributed by atoms with E-state index in [1.807, 2.05) is 16.8 Å². The summed E-state index contributed by atoms with van der Waals surface area (Å²) in [5.74, 6) is 0.300. The lowest BCUT2D eigenvalue weighted by Gasteiger charge is -2.32. The number of carbonyl (C=O) groups excluding carboxylic acids is 2. The Morgan fingerprint density at radius 3 is 2.40 bits per heavy atom. The summed E-state index contributed by atoms with van der Waals surface area (Å²) in [5, 5.41) is 11.2. The van der Waals surface area contributed by atoms with Crippen LogP contribution >= 0.6 is 34.3 Å². The summed E-state index contributed by atoms with van der Waals surface area (Å²) in [5.41, 5.74) is 0.727. The highest BCUT2D eigenvalue weighted by Gasteiger charge is 2.32. The van der Waals surface area contributed by atoms with Crippen LogP contribution in [0.5, 0.6) is 0 Å². The predicted molar refractivity (Wildman–Crippen MR) is 157 cm³/mol. The zero-order valence-corrected chi connectivity index (χ0v) is 25.6. The molecule has 14 heteroatoms. The van der Waals surface area contributed by atoms with E-state index in [0.717, 1.165) is 54.1 Å². The van der Waals surface area contributed by atoms with Gasteiger partial charge in [0.05, 0.1) is 28.7 Å². The molecular formula is C26H37ClN4O6S3. The van der Waals surface area contributed by atoms with Gasteiger partial charge in [-0.3, -0.25) is 9.35 Å². The molecule has 2 heterocycles. The molecule has 2 aliphatic rings. The fourth-order valence-electron chi connectivity index (χ4n) is 5.77. The van der Waals surface area contributed by atoms with Crippen molar-refractivity contribution in [3.63, 3.8) is 0 Å². The molecule has 2 aromatic rings. The van der Waals surface area contributed by atoms with Gasteiger partial charge in [-0.25, -0.2) is 9.78 Å². The minimum atomic E-state index is -4.25. The molecule has 40 heavy (non-hydrogen) atoms. The monoisotopic (exact) mass is 632 g/mol. The highest BCUT2D eigenvalue weighted by atomic mass is 35.5. The zero-order valence-electron chi connectivity index (χ0n) is 22.4. The molecular weight excluding hydrogens is 596 g/mol. The standard InChI is InChI=1S/C26H37ClN4O6S3/c1-37-26(33)30-21(14-16-5-3-2-4-6-16)24(32)28-20(13-17-7-9-18(10-8-17)31-40(34,35)36)22-15-39-25(29-22)23-19(27)11-12-38-23/h11-12,15-18,20-21,31H,2-10,13-14H2,1H3,(H,28,32)(H,30,33)(H,34,35,36)/t17?,18?,20-,21-/m0/s1. The van der Waals surface area contributed by atoms with Crippen LogP contribution in [0.3, 0.4) is 0 Å². The minimum absolute atomic E-state index is 0.214. The molecule has 0 saturated heterocycles. The van der Waals surface area contributed by atoms with Gasteiger partial charge in [-0.05, 0) is 61.8 Å². The summed E-state index contributed by atoms with van der Waals surface area (Å²) in [6.07, 6.45) is 8.69. The van der Waals surface area contributed by atoms with Gasteiger partial charge in [0.2, 0.25) is 5.91 Å². The molecule has 2 fully saturated rings. The number of nitrogens with zero attached hydrogens (tertiary/aromatic N) is 1. The van der Waals surface area contributed by atoms with Crippen molar-refractivity contribution in [2.45, 2.75) is 88.8 Å². The van der Waals surface area contributed by atoms with E-state index < -0.39 is 28.5 Å². The van der Waals surface area contributed by atoms with Crippen molar-refractivity contribution < 1.29 is 27.3 Å². The molecule has 222 valence electrons. The van der Waals surface area contributed by atoms with Gasteiger partial charge in [-0.15, -0.1) is 22.7 Å². The average Bonchev–Trinajstić information content (AvgIpc) is 3.57. The summed E-state index contributed by atoms with van der Waals surface area (Å²) < 4.78 is 38.7. The number of rotatable bonds is 11. The van der Waals surface area contributed by atoms with Crippen LogP contribution in [0.2, 0.25) is 5.02 Å². The van der Waals surface area contributed by atoms with Crippen molar-refractivity contribution >= 4 is 56.6 Å². The fraction of sp³-hybridized carbons (Fsp3) is 0.654. The first-order chi connectivity index (χ1) is 19.1. The molecule has 0 radical (unpaired) electrons. The molecule has 0 bridgehead atoms. The summed E-state index contributed by atoms with van der Waals surface area (Å²) >= 11 is 9.32. The topological polar surface area (TPSA) is 147 Å². The molecule has 4 N–H and O–H groups in total. The van der Waals surface area contributed by atoms with Crippen molar-refractivity contribution in [2.75, 3.05) is 7.11 Å². The number of halogens is 1. The highest BCUT2D eigenvalue weighted by Crippen LogP contribution is 2.38. The highest BCUT2D eigenvalue weighted by molar-refractivity contribution is 7.83. The van der Waals surface area contributed by atoms with Crippen LogP contribution in [-0.4, -0.2) is 49.1 Å². The Morgan fingerprint density at radius 2 is 1.77 bits per heavy atom.